The zero-order valence-corrected chi connectivity index (χ0v) is 15.1. The molecule has 1 unspecified atom stereocenters. The van der Waals surface area contributed by atoms with E-state index in [0.29, 0.717) is 19.1 Å². The Balaban J connectivity index is 1.47. The van der Waals surface area contributed by atoms with Crippen molar-refractivity contribution < 1.29 is 9.59 Å². The monoisotopic (exact) mass is 343 g/mol. The van der Waals surface area contributed by atoms with Crippen molar-refractivity contribution in [3.63, 3.8) is 0 Å². The Morgan fingerprint density at radius 1 is 1.00 bits per heavy atom. The van der Waals surface area contributed by atoms with Gasteiger partial charge in [-0.3, -0.25) is 14.5 Å². The van der Waals surface area contributed by atoms with Crippen molar-refractivity contribution in [1.29, 1.82) is 0 Å². The average Bonchev–Trinajstić information content (AvgIpc) is 2.68. The van der Waals surface area contributed by atoms with Crippen LogP contribution in [0.2, 0.25) is 0 Å². The van der Waals surface area contributed by atoms with E-state index in [2.05, 4.69) is 10.2 Å². The summed E-state index contributed by atoms with van der Waals surface area (Å²) in [5, 5.41) is 3.21. The SMILES string of the molecule is CC(C(=O)NC1CCCCC1)N1CCN(C(=O)c2ccccc2)CC1. The summed E-state index contributed by atoms with van der Waals surface area (Å²) in [6.45, 7) is 4.83. The van der Waals surface area contributed by atoms with Gasteiger partial charge in [0.25, 0.3) is 5.91 Å². The van der Waals surface area contributed by atoms with Gasteiger partial charge in [0.05, 0.1) is 6.04 Å². The number of carbonyl (C=O) groups excluding carboxylic acids is 2. The van der Waals surface area contributed by atoms with Gasteiger partial charge in [0, 0.05) is 37.8 Å². The Bertz CT molecular complexity index is 576. The van der Waals surface area contributed by atoms with Crippen LogP contribution in [-0.2, 0) is 4.79 Å². The van der Waals surface area contributed by atoms with Crippen LogP contribution in [0.5, 0.6) is 0 Å². The molecule has 1 aliphatic carbocycles. The molecule has 0 aromatic heterocycles. The quantitative estimate of drug-likeness (QED) is 0.912. The van der Waals surface area contributed by atoms with Crippen LogP contribution in [0.15, 0.2) is 30.3 Å². The lowest BCUT2D eigenvalue weighted by Gasteiger charge is -2.38. The van der Waals surface area contributed by atoms with E-state index in [0.717, 1.165) is 31.5 Å². The van der Waals surface area contributed by atoms with Gasteiger partial charge in [-0.15, -0.1) is 0 Å². The van der Waals surface area contributed by atoms with Crippen LogP contribution < -0.4 is 5.32 Å². The summed E-state index contributed by atoms with van der Waals surface area (Å²) >= 11 is 0. The number of carbonyl (C=O) groups is 2. The van der Waals surface area contributed by atoms with Crippen molar-refractivity contribution >= 4 is 11.8 Å². The van der Waals surface area contributed by atoms with Gasteiger partial charge in [0.2, 0.25) is 5.91 Å². The van der Waals surface area contributed by atoms with Crippen LogP contribution in [0.25, 0.3) is 0 Å². The minimum Gasteiger partial charge on any atom is -0.352 e. The van der Waals surface area contributed by atoms with E-state index in [1.54, 1.807) is 0 Å². The lowest BCUT2D eigenvalue weighted by Crippen LogP contribution is -2.56. The summed E-state index contributed by atoms with van der Waals surface area (Å²) in [5.74, 6) is 0.217. The molecule has 0 spiro atoms. The molecule has 3 rings (SSSR count). The minimum atomic E-state index is -0.129. The number of nitrogens with zero attached hydrogens (tertiary/aromatic N) is 2. The third-order valence-electron chi connectivity index (χ3n) is 5.50. The standard InChI is InChI=1S/C20H29N3O2/c1-16(19(24)21-18-10-6-3-7-11-18)22-12-14-23(15-13-22)20(25)17-8-4-2-5-9-17/h2,4-5,8-9,16,18H,3,6-7,10-15H2,1H3,(H,21,24). The van der Waals surface area contributed by atoms with Gasteiger partial charge in [0.1, 0.15) is 0 Å². The van der Waals surface area contributed by atoms with Gasteiger partial charge < -0.3 is 10.2 Å². The van der Waals surface area contributed by atoms with E-state index in [9.17, 15) is 9.59 Å². The van der Waals surface area contributed by atoms with Crippen molar-refractivity contribution in [1.82, 2.24) is 15.1 Å². The number of benzene rings is 1. The summed E-state index contributed by atoms with van der Waals surface area (Å²) in [7, 11) is 0. The molecule has 5 nitrogen and oxygen atoms in total. The molecule has 1 saturated heterocycles. The van der Waals surface area contributed by atoms with Gasteiger partial charge in [-0.2, -0.15) is 0 Å². The Kier molecular flexibility index (Phi) is 6.08. The molecule has 0 bridgehead atoms. The topological polar surface area (TPSA) is 52.7 Å². The highest BCUT2D eigenvalue weighted by Gasteiger charge is 2.29. The third kappa shape index (κ3) is 4.60. The summed E-state index contributed by atoms with van der Waals surface area (Å²) < 4.78 is 0. The van der Waals surface area contributed by atoms with E-state index in [4.69, 9.17) is 0 Å². The fourth-order valence-corrected chi connectivity index (χ4v) is 3.81. The van der Waals surface area contributed by atoms with Crippen LogP contribution in [0.1, 0.15) is 49.4 Å². The highest BCUT2D eigenvalue weighted by Crippen LogP contribution is 2.18. The number of hydrogen-bond donors (Lipinski definition) is 1. The zero-order valence-electron chi connectivity index (χ0n) is 15.1. The van der Waals surface area contributed by atoms with Gasteiger partial charge in [-0.1, -0.05) is 37.5 Å². The average molecular weight is 343 g/mol. The Morgan fingerprint density at radius 2 is 1.64 bits per heavy atom. The first-order valence-electron chi connectivity index (χ1n) is 9.54. The Labute approximate surface area is 150 Å². The molecule has 1 atom stereocenters. The summed E-state index contributed by atoms with van der Waals surface area (Å²) in [6.07, 6.45) is 5.95. The second-order valence-electron chi connectivity index (χ2n) is 7.21. The van der Waals surface area contributed by atoms with Crippen molar-refractivity contribution in [2.75, 3.05) is 26.2 Å². The van der Waals surface area contributed by atoms with E-state index in [1.807, 2.05) is 42.2 Å². The van der Waals surface area contributed by atoms with E-state index < -0.39 is 0 Å². The van der Waals surface area contributed by atoms with Crippen molar-refractivity contribution in [2.45, 2.75) is 51.1 Å². The molecule has 1 N–H and O–H groups in total. The number of hydrogen-bond acceptors (Lipinski definition) is 3. The molecule has 25 heavy (non-hydrogen) atoms. The smallest absolute Gasteiger partial charge is 0.253 e. The fourth-order valence-electron chi connectivity index (χ4n) is 3.81. The van der Waals surface area contributed by atoms with Crippen LogP contribution in [-0.4, -0.2) is 59.9 Å². The van der Waals surface area contributed by atoms with Gasteiger partial charge in [-0.25, -0.2) is 0 Å². The number of rotatable bonds is 4. The first-order chi connectivity index (χ1) is 12.1. The predicted molar refractivity (Wildman–Crippen MR) is 98.4 cm³/mol. The molecular formula is C20H29N3O2. The van der Waals surface area contributed by atoms with Crippen LogP contribution in [0, 0.1) is 0 Å². The molecule has 2 aliphatic rings. The maximum atomic E-state index is 12.5. The highest BCUT2D eigenvalue weighted by molar-refractivity contribution is 5.94. The Hall–Kier alpha value is -1.88. The van der Waals surface area contributed by atoms with Crippen molar-refractivity contribution in [3.8, 4) is 0 Å². The second kappa shape index (κ2) is 8.48. The highest BCUT2D eigenvalue weighted by atomic mass is 16.2. The van der Waals surface area contributed by atoms with Gasteiger partial charge in [-0.05, 0) is 31.9 Å². The van der Waals surface area contributed by atoms with E-state index in [-0.39, 0.29) is 17.9 Å². The lowest BCUT2D eigenvalue weighted by molar-refractivity contribution is -0.127. The Morgan fingerprint density at radius 3 is 2.28 bits per heavy atom. The molecule has 2 amide bonds. The van der Waals surface area contributed by atoms with Crippen molar-refractivity contribution in [2.24, 2.45) is 0 Å². The van der Waals surface area contributed by atoms with E-state index in [1.165, 1.54) is 19.3 Å². The zero-order chi connectivity index (χ0) is 17.6. The van der Waals surface area contributed by atoms with Gasteiger partial charge >= 0.3 is 0 Å². The normalized spacial score (nSPS) is 20.9. The van der Waals surface area contributed by atoms with Gasteiger partial charge in [0.15, 0.2) is 0 Å². The summed E-state index contributed by atoms with van der Waals surface area (Å²) in [5.41, 5.74) is 0.735. The molecule has 1 aliphatic heterocycles. The molecule has 0 radical (unpaired) electrons. The van der Waals surface area contributed by atoms with Crippen molar-refractivity contribution in [3.05, 3.63) is 35.9 Å². The van der Waals surface area contributed by atoms with Crippen LogP contribution >= 0.6 is 0 Å². The number of amides is 2. The summed E-state index contributed by atoms with van der Waals surface area (Å²) in [4.78, 5) is 29.1. The first-order valence-corrected chi connectivity index (χ1v) is 9.54. The fraction of sp³-hybridized carbons (Fsp3) is 0.600. The third-order valence-corrected chi connectivity index (χ3v) is 5.50. The number of nitrogens with one attached hydrogen (secondary N) is 1. The molecule has 1 saturated carbocycles. The maximum absolute atomic E-state index is 12.5. The molecule has 1 aromatic carbocycles. The molecule has 5 heteroatoms. The molecule has 2 fully saturated rings. The number of piperazine rings is 1. The molecule has 1 heterocycles. The second-order valence-corrected chi connectivity index (χ2v) is 7.21. The molecule has 136 valence electrons. The molecule has 1 aromatic rings. The maximum Gasteiger partial charge on any atom is 0.253 e. The predicted octanol–water partition coefficient (Wildman–Crippen LogP) is 2.28. The van der Waals surface area contributed by atoms with E-state index >= 15 is 0 Å². The van der Waals surface area contributed by atoms with Crippen LogP contribution in [0.3, 0.4) is 0 Å². The lowest BCUT2D eigenvalue weighted by atomic mass is 9.95. The minimum absolute atomic E-state index is 0.0829. The first kappa shape index (κ1) is 17.9. The summed E-state index contributed by atoms with van der Waals surface area (Å²) in [6, 6.07) is 9.63. The largest absolute Gasteiger partial charge is 0.352 e. The molecular weight excluding hydrogens is 314 g/mol. The van der Waals surface area contributed by atoms with Crippen LogP contribution in [0.4, 0.5) is 0 Å².